The fourth-order valence-corrected chi connectivity index (χ4v) is 10.9. The van der Waals surface area contributed by atoms with E-state index in [2.05, 4.69) is 22.5 Å². The van der Waals surface area contributed by atoms with Crippen LogP contribution in [0.2, 0.25) is 0 Å². The summed E-state index contributed by atoms with van der Waals surface area (Å²) in [5.41, 5.74) is 1.65. The molecule has 3 aromatic rings. The van der Waals surface area contributed by atoms with E-state index in [0.717, 1.165) is 16.3 Å². The van der Waals surface area contributed by atoms with Gasteiger partial charge in [-0.1, -0.05) is 82.7 Å². The molecule has 9 heteroatoms. The van der Waals surface area contributed by atoms with Crippen LogP contribution in [0.5, 0.6) is 0 Å². The first-order valence-corrected chi connectivity index (χ1v) is 16.5. The largest absolute Gasteiger partial charge is 0.466 e. The summed E-state index contributed by atoms with van der Waals surface area (Å²) in [6.07, 6.45) is 2.61. The molecule has 6 rings (SSSR count). The van der Waals surface area contributed by atoms with E-state index in [9.17, 15) is 19.5 Å². The molecule has 3 heterocycles. The van der Waals surface area contributed by atoms with Crippen LogP contribution in [-0.4, -0.2) is 74.5 Å². The zero-order chi connectivity index (χ0) is 30.3. The fraction of sp³-hybridized carbons (Fsp3) is 0.382. The molecule has 43 heavy (non-hydrogen) atoms. The molecule has 3 aromatic carbocycles. The van der Waals surface area contributed by atoms with Crippen molar-refractivity contribution < 1.29 is 24.2 Å². The average molecular weight is 664 g/mol. The molecule has 3 aliphatic rings. The number of hydrogen-bond acceptors (Lipinski definition) is 6. The van der Waals surface area contributed by atoms with Crippen molar-refractivity contribution in [2.45, 2.75) is 46.7 Å². The topological polar surface area (TPSA) is 87.2 Å². The highest BCUT2D eigenvalue weighted by Crippen LogP contribution is 2.68. The van der Waals surface area contributed by atoms with E-state index in [-0.39, 0.29) is 41.6 Å². The Morgan fingerprint density at radius 1 is 1.16 bits per heavy atom. The van der Waals surface area contributed by atoms with Crippen molar-refractivity contribution in [3.05, 3.63) is 91.0 Å². The molecule has 3 unspecified atom stereocenters. The molecule has 2 amide bonds. The number of benzene rings is 3. The molecule has 3 aliphatic heterocycles. The number of carbonyl (C=O) groups is 3. The molecule has 0 aromatic heterocycles. The van der Waals surface area contributed by atoms with Crippen LogP contribution in [0.3, 0.4) is 0 Å². The lowest BCUT2D eigenvalue weighted by molar-refractivity contribution is -0.154. The summed E-state index contributed by atoms with van der Waals surface area (Å²) < 4.78 is 4.63. The number of anilines is 1. The van der Waals surface area contributed by atoms with Gasteiger partial charge in [0.25, 0.3) is 5.91 Å². The lowest BCUT2D eigenvalue weighted by atomic mass is 9.71. The van der Waals surface area contributed by atoms with Gasteiger partial charge in [-0.25, -0.2) is 0 Å². The predicted molar refractivity (Wildman–Crippen MR) is 173 cm³/mol. The third kappa shape index (κ3) is 4.99. The van der Waals surface area contributed by atoms with Crippen LogP contribution in [0.1, 0.15) is 18.9 Å². The molecule has 0 aliphatic carbocycles. The minimum Gasteiger partial charge on any atom is -0.466 e. The molecule has 7 atom stereocenters. The second-order valence-corrected chi connectivity index (χ2v) is 14.2. The number of aliphatic hydroxyl groups is 1. The molecule has 7 nitrogen and oxygen atoms in total. The standard InChI is InChI=1S/C34H35BrN2O5S/c1-3-16-36(24-15-14-22-12-8-9-13-23(22)18-24)32(40)30-34-19-26(35)29(43-34)27(33(41)42-4-2)28(34)31(39)37(30)25(20-38)17-21-10-6-5-7-11-21/h3,5-15,18,25-30,38H,1,4,16-17,19-20H2,2H3/t25-,26?,27-,28+,29-,30?,34?/m1/s1. The molecular weight excluding hydrogens is 628 g/mol. The molecule has 2 bridgehead atoms. The Bertz CT molecular complexity index is 1550. The minimum absolute atomic E-state index is 0.0681. The summed E-state index contributed by atoms with van der Waals surface area (Å²) in [5.74, 6) is -2.32. The third-order valence-electron chi connectivity index (χ3n) is 9.06. The van der Waals surface area contributed by atoms with Gasteiger partial charge in [0.15, 0.2) is 0 Å². The highest BCUT2D eigenvalue weighted by Gasteiger charge is 2.76. The SMILES string of the molecule is C=CCN(C(=O)C1N([C@@H](CO)Cc2ccccc2)C(=O)[C@@H]2[C@@H](C(=O)OCC)[C@@H]3SC12CC3Br)c1ccc2ccccc2c1. The lowest BCUT2D eigenvalue weighted by Gasteiger charge is -2.40. The van der Waals surface area contributed by atoms with Gasteiger partial charge in [0, 0.05) is 22.3 Å². The lowest BCUT2D eigenvalue weighted by Crippen LogP contribution is -2.58. The quantitative estimate of drug-likeness (QED) is 0.187. The van der Waals surface area contributed by atoms with Gasteiger partial charge in [-0.15, -0.1) is 18.3 Å². The maximum absolute atomic E-state index is 15.0. The molecule has 224 valence electrons. The van der Waals surface area contributed by atoms with Crippen molar-refractivity contribution >= 4 is 61.9 Å². The predicted octanol–water partition coefficient (Wildman–Crippen LogP) is 4.99. The zero-order valence-electron chi connectivity index (χ0n) is 24.0. The van der Waals surface area contributed by atoms with Crippen molar-refractivity contribution in [3.8, 4) is 0 Å². The molecular formula is C34H35BrN2O5S. The second-order valence-electron chi connectivity index (χ2n) is 11.5. The minimum atomic E-state index is -0.897. The van der Waals surface area contributed by atoms with Crippen LogP contribution < -0.4 is 4.90 Å². The highest BCUT2D eigenvalue weighted by molar-refractivity contribution is 9.09. The van der Waals surface area contributed by atoms with Crippen molar-refractivity contribution in [2.75, 3.05) is 24.7 Å². The Balaban J connectivity index is 1.47. The van der Waals surface area contributed by atoms with Gasteiger partial charge in [0.2, 0.25) is 5.91 Å². The number of fused-ring (bicyclic) bond motifs is 2. The van der Waals surface area contributed by atoms with Gasteiger partial charge in [0.1, 0.15) is 6.04 Å². The fourth-order valence-electron chi connectivity index (χ4n) is 7.33. The molecule has 0 saturated carbocycles. The summed E-state index contributed by atoms with van der Waals surface area (Å²) in [5, 5.41) is 12.6. The van der Waals surface area contributed by atoms with Crippen LogP contribution in [0.4, 0.5) is 5.69 Å². The molecule has 0 radical (unpaired) electrons. The van der Waals surface area contributed by atoms with Gasteiger partial charge in [0.05, 0.1) is 35.8 Å². The summed E-state index contributed by atoms with van der Waals surface area (Å²) in [6.45, 7) is 5.82. The first kappa shape index (κ1) is 29.9. The van der Waals surface area contributed by atoms with Gasteiger partial charge in [-0.05, 0) is 48.2 Å². The van der Waals surface area contributed by atoms with Crippen LogP contribution in [0.25, 0.3) is 10.8 Å². The smallest absolute Gasteiger partial charge is 0.310 e. The maximum atomic E-state index is 15.0. The number of rotatable bonds is 10. The number of aliphatic hydroxyl groups excluding tert-OH is 1. The van der Waals surface area contributed by atoms with Gasteiger partial charge in [-0.3, -0.25) is 14.4 Å². The number of halogens is 1. The number of amides is 2. The summed E-state index contributed by atoms with van der Waals surface area (Å²) in [7, 11) is 0. The Kier molecular flexibility index (Phi) is 8.41. The Labute approximate surface area is 264 Å². The number of alkyl halides is 1. The highest BCUT2D eigenvalue weighted by atomic mass is 79.9. The van der Waals surface area contributed by atoms with Crippen molar-refractivity contribution in [1.29, 1.82) is 0 Å². The second kappa shape index (κ2) is 12.1. The van der Waals surface area contributed by atoms with Gasteiger partial charge < -0.3 is 19.6 Å². The van der Waals surface area contributed by atoms with Crippen molar-refractivity contribution in [2.24, 2.45) is 11.8 Å². The van der Waals surface area contributed by atoms with E-state index < -0.39 is 34.6 Å². The Morgan fingerprint density at radius 3 is 2.58 bits per heavy atom. The number of likely N-dealkylation sites (tertiary alicyclic amines) is 1. The summed E-state index contributed by atoms with van der Waals surface area (Å²) in [6, 6.07) is 22.0. The number of carbonyl (C=O) groups excluding carboxylic acids is 3. The molecule has 3 saturated heterocycles. The number of esters is 1. The van der Waals surface area contributed by atoms with Gasteiger partial charge >= 0.3 is 5.97 Å². The monoisotopic (exact) mass is 662 g/mol. The average Bonchev–Trinajstić information content (AvgIpc) is 3.62. The van der Waals surface area contributed by atoms with E-state index in [4.69, 9.17) is 4.74 Å². The normalized spacial score (nSPS) is 28.1. The maximum Gasteiger partial charge on any atom is 0.310 e. The van der Waals surface area contributed by atoms with E-state index in [0.29, 0.717) is 18.5 Å². The number of hydrogen-bond donors (Lipinski definition) is 1. The van der Waals surface area contributed by atoms with Crippen LogP contribution >= 0.6 is 27.7 Å². The first-order valence-electron chi connectivity index (χ1n) is 14.7. The summed E-state index contributed by atoms with van der Waals surface area (Å²) in [4.78, 5) is 46.2. The van der Waals surface area contributed by atoms with Crippen LogP contribution in [-0.2, 0) is 25.5 Å². The van der Waals surface area contributed by atoms with Crippen LogP contribution in [0.15, 0.2) is 85.5 Å². The van der Waals surface area contributed by atoms with Crippen molar-refractivity contribution in [3.63, 3.8) is 0 Å². The first-order chi connectivity index (χ1) is 20.8. The van der Waals surface area contributed by atoms with E-state index >= 15 is 0 Å². The molecule has 3 fully saturated rings. The Hall–Kier alpha value is -3.14. The number of nitrogens with zero attached hydrogens (tertiary/aromatic N) is 2. The molecule has 1 N–H and O–H groups in total. The zero-order valence-corrected chi connectivity index (χ0v) is 26.4. The van der Waals surface area contributed by atoms with E-state index in [1.807, 2.05) is 72.8 Å². The molecule has 1 spiro atoms. The number of ether oxygens (including phenoxy) is 1. The Morgan fingerprint density at radius 2 is 1.88 bits per heavy atom. The van der Waals surface area contributed by atoms with Crippen LogP contribution in [0, 0.1) is 11.8 Å². The van der Waals surface area contributed by atoms with Gasteiger partial charge in [-0.2, -0.15) is 0 Å². The third-order valence-corrected chi connectivity index (χ3v) is 12.3. The number of thioether (sulfide) groups is 1. The summed E-state index contributed by atoms with van der Waals surface area (Å²) >= 11 is 5.37. The van der Waals surface area contributed by atoms with E-state index in [1.165, 1.54) is 0 Å². The van der Waals surface area contributed by atoms with E-state index in [1.54, 1.807) is 34.6 Å². The van der Waals surface area contributed by atoms with Crippen molar-refractivity contribution in [1.82, 2.24) is 4.90 Å².